The zero-order chi connectivity index (χ0) is 7.98. The molecule has 0 bridgehead atoms. The van der Waals surface area contributed by atoms with E-state index in [-0.39, 0.29) is 0 Å². The summed E-state index contributed by atoms with van der Waals surface area (Å²) >= 11 is 0. The Morgan fingerprint density at radius 3 is 2.70 bits per heavy atom. The lowest BCUT2D eigenvalue weighted by atomic mass is 10.2. The molecule has 0 amide bonds. The van der Waals surface area contributed by atoms with Gasteiger partial charge in [0, 0.05) is 11.8 Å². The van der Waals surface area contributed by atoms with Crippen molar-refractivity contribution in [2.45, 2.75) is 26.2 Å². The molecule has 3 heteroatoms. The summed E-state index contributed by atoms with van der Waals surface area (Å²) in [5, 5.41) is 8.23. The molecule has 0 spiro atoms. The molecule has 58 valence electrons. The highest BCUT2D eigenvalue weighted by molar-refractivity contribution is 5.80. The number of hydrogen-bond donors (Lipinski definition) is 2. The number of carbonyl (C=O) groups is 1. The van der Waals surface area contributed by atoms with E-state index in [0.717, 1.165) is 18.9 Å². The first-order chi connectivity index (χ1) is 4.66. The van der Waals surface area contributed by atoms with Gasteiger partial charge in [0.05, 0.1) is 0 Å². The molecule has 10 heavy (non-hydrogen) atoms. The molecular weight excluding hydrogens is 130 g/mol. The van der Waals surface area contributed by atoms with Crippen LogP contribution < -0.4 is 5.73 Å². The topological polar surface area (TPSA) is 63.3 Å². The lowest BCUT2D eigenvalue weighted by Crippen LogP contribution is -2.01. The van der Waals surface area contributed by atoms with Crippen molar-refractivity contribution in [1.82, 2.24) is 0 Å². The molecule has 0 aromatic carbocycles. The van der Waals surface area contributed by atoms with Gasteiger partial charge in [0.1, 0.15) is 0 Å². The molecule has 0 radical (unpaired) electrons. The number of carboxylic acids is 1. The summed E-state index contributed by atoms with van der Waals surface area (Å²) in [6.45, 7) is 2.04. The first-order valence-electron chi connectivity index (χ1n) is 3.35. The zero-order valence-electron chi connectivity index (χ0n) is 6.13. The molecule has 3 nitrogen and oxygen atoms in total. The summed E-state index contributed by atoms with van der Waals surface area (Å²) in [5.41, 5.74) is 5.79. The molecule has 0 saturated heterocycles. The standard InChI is InChI=1S/C7H13NO2/c1-2-3-4-6(8)5-7(9)10/h5H,2-4,8H2,1H3,(H,9,10)/b6-5+. The maximum atomic E-state index is 10.0. The summed E-state index contributed by atoms with van der Waals surface area (Å²) < 4.78 is 0. The Kier molecular flexibility index (Phi) is 4.37. The monoisotopic (exact) mass is 143 g/mol. The van der Waals surface area contributed by atoms with Crippen molar-refractivity contribution in [1.29, 1.82) is 0 Å². The number of allylic oxidation sites excluding steroid dienone is 1. The molecule has 0 fully saturated rings. The lowest BCUT2D eigenvalue weighted by molar-refractivity contribution is -0.131. The van der Waals surface area contributed by atoms with Crippen molar-refractivity contribution in [2.24, 2.45) is 5.73 Å². The second-order valence-electron chi connectivity index (χ2n) is 2.16. The molecule has 0 saturated carbocycles. The molecule has 0 rings (SSSR count). The van der Waals surface area contributed by atoms with E-state index in [2.05, 4.69) is 0 Å². The van der Waals surface area contributed by atoms with Gasteiger partial charge in [-0.25, -0.2) is 4.79 Å². The molecule has 0 atom stereocenters. The van der Waals surface area contributed by atoms with Crippen LogP contribution in [0.25, 0.3) is 0 Å². The van der Waals surface area contributed by atoms with Crippen LogP contribution in [0.3, 0.4) is 0 Å². The Morgan fingerprint density at radius 1 is 1.70 bits per heavy atom. The number of hydrogen-bond acceptors (Lipinski definition) is 2. The van der Waals surface area contributed by atoms with Crippen LogP contribution in [0.1, 0.15) is 26.2 Å². The number of rotatable bonds is 4. The Hall–Kier alpha value is -0.990. The van der Waals surface area contributed by atoms with Crippen LogP contribution >= 0.6 is 0 Å². The summed E-state index contributed by atoms with van der Waals surface area (Å²) in [6.07, 6.45) is 3.72. The molecule has 0 aliphatic heterocycles. The van der Waals surface area contributed by atoms with Crippen molar-refractivity contribution in [2.75, 3.05) is 0 Å². The van der Waals surface area contributed by atoms with Crippen LogP contribution in [0.4, 0.5) is 0 Å². The van der Waals surface area contributed by atoms with Gasteiger partial charge in [-0.3, -0.25) is 0 Å². The normalized spacial score (nSPS) is 11.5. The van der Waals surface area contributed by atoms with Crippen LogP contribution in [0, 0.1) is 0 Å². The van der Waals surface area contributed by atoms with E-state index >= 15 is 0 Å². The highest BCUT2D eigenvalue weighted by atomic mass is 16.4. The van der Waals surface area contributed by atoms with Crippen molar-refractivity contribution >= 4 is 5.97 Å². The number of carboxylic acid groups (broad SMARTS) is 1. The smallest absolute Gasteiger partial charge is 0.330 e. The molecule has 0 unspecified atom stereocenters. The van der Waals surface area contributed by atoms with Crippen LogP contribution in [-0.4, -0.2) is 11.1 Å². The number of unbranched alkanes of at least 4 members (excludes halogenated alkanes) is 1. The first kappa shape index (κ1) is 9.01. The van der Waals surface area contributed by atoms with Crippen LogP contribution in [0.5, 0.6) is 0 Å². The van der Waals surface area contributed by atoms with Gasteiger partial charge in [-0.15, -0.1) is 0 Å². The van der Waals surface area contributed by atoms with E-state index in [1.165, 1.54) is 0 Å². The Morgan fingerprint density at radius 2 is 2.30 bits per heavy atom. The van der Waals surface area contributed by atoms with Gasteiger partial charge < -0.3 is 10.8 Å². The predicted octanol–water partition coefficient (Wildman–Crippen LogP) is 1.10. The van der Waals surface area contributed by atoms with E-state index < -0.39 is 5.97 Å². The number of nitrogens with two attached hydrogens (primary N) is 1. The fourth-order valence-electron chi connectivity index (χ4n) is 0.612. The third-order valence-electron chi connectivity index (χ3n) is 1.13. The predicted molar refractivity (Wildman–Crippen MR) is 39.4 cm³/mol. The van der Waals surface area contributed by atoms with Crippen LogP contribution in [-0.2, 0) is 4.79 Å². The molecule has 3 N–H and O–H groups in total. The van der Waals surface area contributed by atoms with Crippen LogP contribution in [0.15, 0.2) is 11.8 Å². The quantitative estimate of drug-likeness (QED) is 0.579. The molecule has 0 aliphatic rings. The fourth-order valence-corrected chi connectivity index (χ4v) is 0.612. The SMILES string of the molecule is CCCC/C(N)=C\C(=O)O. The van der Waals surface area contributed by atoms with Crippen LogP contribution in [0.2, 0.25) is 0 Å². The van der Waals surface area contributed by atoms with E-state index in [9.17, 15) is 4.79 Å². The van der Waals surface area contributed by atoms with Crippen molar-refractivity contribution in [3.8, 4) is 0 Å². The van der Waals surface area contributed by atoms with Crippen molar-refractivity contribution in [3.05, 3.63) is 11.8 Å². The van der Waals surface area contributed by atoms with Gasteiger partial charge in [0.25, 0.3) is 0 Å². The second kappa shape index (κ2) is 4.85. The average Bonchev–Trinajstić information content (AvgIpc) is 1.82. The summed E-state index contributed by atoms with van der Waals surface area (Å²) in [6, 6.07) is 0. The van der Waals surface area contributed by atoms with E-state index in [0.29, 0.717) is 12.1 Å². The molecular formula is C7H13NO2. The summed E-state index contributed by atoms with van der Waals surface area (Å²) in [7, 11) is 0. The fraction of sp³-hybridized carbons (Fsp3) is 0.571. The molecule has 0 aliphatic carbocycles. The van der Waals surface area contributed by atoms with Gasteiger partial charge in [-0.2, -0.15) is 0 Å². The van der Waals surface area contributed by atoms with E-state index in [4.69, 9.17) is 10.8 Å². The third kappa shape index (κ3) is 5.15. The largest absolute Gasteiger partial charge is 0.478 e. The zero-order valence-corrected chi connectivity index (χ0v) is 6.13. The highest BCUT2D eigenvalue weighted by Gasteiger charge is 1.93. The van der Waals surface area contributed by atoms with Gasteiger partial charge >= 0.3 is 5.97 Å². The second-order valence-corrected chi connectivity index (χ2v) is 2.16. The Bertz CT molecular complexity index is 141. The maximum absolute atomic E-state index is 10.0. The third-order valence-corrected chi connectivity index (χ3v) is 1.13. The highest BCUT2D eigenvalue weighted by Crippen LogP contribution is 1.99. The Labute approximate surface area is 60.5 Å². The van der Waals surface area contributed by atoms with Crippen molar-refractivity contribution < 1.29 is 9.90 Å². The molecule has 0 aromatic heterocycles. The van der Waals surface area contributed by atoms with E-state index in [1.54, 1.807) is 0 Å². The summed E-state index contributed by atoms with van der Waals surface area (Å²) in [5.74, 6) is -0.964. The molecule has 0 aromatic rings. The number of aliphatic carboxylic acids is 1. The average molecular weight is 143 g/mol. The maximum Gasteiger partial charge on any atom is 0.330 e. The van der Waals surface area contributed by atoms with E-state index in [1.807, 2.05) is 6.92 Å². The van der Waals surface area contributed by atoms with Crippen molar-refractivity contribution in [3.63, 3.8) is 0 Å². The first-order valence-corrected chi connectivity index (χ1v) is 3.35. The minimum atomic E-state index is -0.964. The minimum Gasteiger partial charge on any atom is -0.478 e. The van der Waals surface area contributed by atoms with Gasteiger partial charge in [0.2, 0.25) is 0 Å². The summed E-state index contributed by atoms with van der Waals surface area (Å²) in [4.78, 5) is 10.0. The minimum absolute atomic E-state index is 0.453. The van der Waals surface area contributed by atoms with Gasteiger partial charge in [0.15, 0.2) is 0 Å². The Balaban J connectivity index is 3.60. The lowest BCUT2D eigenvalue weighted by Gasteiger charge is -1.95. The molecule has 0 heterocycles. The van der Waals surface area contributed by atoms with Gasteiger partial charge in [-0.05, 0) is 12.8 Å². The van der Waals surface area contributed by atoms with Gasteiger partial charge in [-0.1, -0.05) is 13.3 Å².